The van der Waals surface area contributed by atoms with Crippen LogP contribution in [0.5, 0.6) is 5.75 Å². The highest BCUT2D eigenvalue weighted by Gasteiger charge is 2.50. The summed E-state index contributed by atoms with van der Waals surface area (Å²) in [6.07, 6.45) is 6.88. The van der Waals surface area contributed by atoms with Crippen LogP contribution in [-0.4, -0.2) is 63.3 Å². The van der Waals surface area contributed by atoms with Gasteiger partial charge in [0.25, 0.3) is 6.26 Å². The fraction of sp³-hybridized carbons (Fsp3) is 0.469. The van der Waals surface area contributed by atoms with Crippen molar-refractivity contribution in [3.63, 3.8) is 0 Å². The molecule has 50 heavy (non-hydrogen) atoms. The van der Waals surface area contributed by atoms with Crippen molar-refractivity contribution >= 4 is 38.6 Å². The summed E-state index contributed by atoms with van der Waals surface area (Å²) in [6.45, 7) is 0.725. The zero-order chi connectivity index (χ0) is 35.5. The smallest absolute Gasteiger partial charge is 0.461 e. The second-order valence-corrected chi connectivity index (χ2v) is 15.8. The van der Waals surface area contributed by atoms with Gasteiger partial charge in [-0.25, -0.2) is 13.8 Å². The van der Waals surface area contributed by atoms with Gasteiger partial charge in [0.05, 0.1) is 12.3 Å². The first-order chi connectivity index (χ1) is 23.9. The van der Waals surface area contributed by atoms with E-state index in [0.717, 1.165) is 31.1 Å². The first-order valence-electron chi connectivity index (χ1n) is 16.3. The van der Waals surface area contributed by atoms with E-state index in [1.807, 2.05) is 30.3 Å². The summed E-state index contributed by atoms with van der Waals surface area (Å²) >= 11 is 0. The average molecular weight is 731 g/mol. The van der Waals surface area contributed by atoms with Crippen LogP contribution in [-0.2, 0) is 38.9 Å². The molecule has 268 valence electrons. The van der Waals surface area contributed by atoms with Crippen LogP contribution in [0.3, 0.4) is 0 Å². The minimum absolute atomic E-state index is 0.172. The Morgan fingerprint density at radius 3 is 2.62 bits per heavy atom. The molecular formula is C32H40N6O10P2. The Bertz CT molecular complexity index is 1860. The number of aryl methyl sites for hydroxylation is 1. The predicted octanol–water partition coefficient (Wildman–Crippen LogP) is 4.63. The third kappa shape index (κ3) is 8.39. The van der Waals surface area contributed by atoms with Gasteiger partial charge in [-0.1, -0.05) is 42.8 Å². The molecule has 5 N–H and O–H groups in total. The Labute approximate surface area is 288 Å². The number of carbonyl (C=O) groups excluding carboxylic acids is 1. The molecule has 2 heterocycles. The molecule has 2 saturated carbocycles. The lowest BCUT2D eigenvalue weighted by atomic mass is 9.55. The van der Waals surface area contributed by atoms with Gasteiger partial charge in [-0.2, -0.15) is 15.5 Å². The van der Waals surface area contributed by atoms with Gasteiger partial charge >= 0.3 is 21.5 Å². The van der Waals surface area contributed by atoms with Crippen LogP contribution in [0.2, 0.25) is 0 Å². The summed E-state index contributed by atoms with van der Waals surface area (Å²) in [7, 11) is -8.99. The number of rotatable bonds is 16. The maximum atomic E-state index is 14.4. The van der Waals surface area contributed by atoms with Gasteiger partial charge in [0.2, 0.25) is 0 Å². The van der Waals surface area contributed by atoms with Crippen molar-refractivity contribution in [2.45, 2.75) is 76.3 Å². The van der Waals surface area contributed by atoms with Crippen LogP contribution in [0.1, 0.15) is 63.0 Å². The standard InChI is InChI=1S/C32H40N6O10P2/c1-22(31(39)47-26-16-32(17-26)14-5-15-32)36-49(40,48-29-9-4-7-23-6-2-3-8-27(23)29)45-18-25(44-19-33)12-10-24-11-13-28-30(34)37(20-35-38(24)28)21-46-50(41,42)43/h2-4,6-9,11,13,20,22,25-26,30H,5,10,12,14-18,21,34H2,1H3,(H,36,40)(H2,41,42,43)/t22-,25-,30?,49?/m0/s1. The van der Waals surface area contributed by atoms with E-state index in [4.69, 9.17) is 34.0 Å². The summed E-state index contributed by atoms with van der Waals surface area (Å²) in [4.78, 5) is 32.4. The second-order valence-electron chi connectivity index (χ2n) is 12.9. The van der Waals surface area contributed by atoms with Crippen LogP contribution >= 0.6 is 15.6 Å². The van der Waals surface area contributed by atoms with E-state index in [-0.39, 0.29) is 24.9 Å². The van der Waals surface area contributed by atoms with Gasteiger partial charge in [0, 0.05) is 11.1 Å². The lowest BCUT2D eigenvalue weighted by molar-refractivity contribution is -0.169. The van der Waals surface area contributed by atoms with Gasteiger partial charge in [0.15, 0.2) is 0 Å². The Hall–Kier alpha value is -3.77. The monoisotopic (exact) mass is 730 g/mol. The largest absolute Gasteiger partial charge is 0.471 e. The van der Waals surface area contributed by atoms with Gasteiger partial charge in [0.1, 0.15) is 43.2 Å². The molecule has 16 nitrogen and oxygen atoms in total. The summed E-state index contributed by atoms with van der Waals surface area (Å²) in [5.74, 6) is -0.291. The number of ether oxygens (including phenoxy) is 2. The highest BCUT2D eigenvalue weighted by molar-refractivity contribution is 7.52. The van der Waals surface area contributed by atoms with E-state index >= 15 is 0 Å². The van der Waals surface area contributed by atoms with Gasteiger partial charge in [-0.3, -0.25) is 13.8 Å². The number of nitrogens with zero attached hydrogens (tertiary/aromatic N) is 4. The molecule has 2 unspecified atom stereocenters. The highest BCUT2D eigenvalue weighted by atomic mass is 31.2. The molecule has 4 atom stereocenters. The lowest BCUT2D eigenvalue weighted by Gasteiger charge is -2.53. The average Bonchev–Trinajstić information content (AvgIpc) is 3.46. The van der Waals surface area contributed by atoms with Crippen molar-refractivity contribution in [2.24, 2.45) is 16.3 Å². The van der Waals surface area contributed by atoms with E-state index in [1.54, 1.807) is 35.2 Å². The molecule has 3 aliphatic rings. The number of nitriles is 1. The summed E-state index contributed by atoms with van der Waals surface area (Å²) in [6, 6.07) is 15.1. The number of carbonyl (C=O) groups is 1. The molecule has 0 amide bonds. The number of hydrogen-bond acceptors (Lipinski definition) is 12. The summed E-state index contributed by atoms with van der Waals surface area (Å²) in [5.41, 5.74) is 7.80. The number of phosphoric ester groups is 1. The Morgan fingerprint density at radius 1 is 1.14 bits per heavy atom. The molecule has 6 rings (SSSR count). The van der Waals surface area contributed by atoms with Crippen LogP contribution in [0.15, 0.2) is 59.7 Å². The summed E-state index contributed by atoms with van der Waals surface area (Å²) < 4.78 is 54.5. The highest BCUT2D eigenvalue weighted by Crippen LogP contribution is 2.57. The Morgan fingerprint density at radius 2 is 1.90 bits per heavy atom. The lowest BCUT2D eigenvalue weighted by Crippen LogP contribution is -2.49. The third-order valence-electron chi connectivity index (χ3n) is 9.38. The molecule has 3 aromatic rings. The first-order valence-corrected chi connectivity index (χ1v) is 19.3. The van der Waals surface area contributed by atoms with Gasteiger partial charge in [-0.05, 0) is 74.4 Å². The number of hydrogen-bond donors (Lipinski definition) is 4. The Kier molecular flexibility index (Phi) is 10.7. The zero-order valence-corrected chi connectivity index (χ0v) is 29.2. The third-order valence-corrected chi connectivity index (χ3v) is 11.5. The van der Waals surface area contributed by atoms with Crippen LogP contribution < -0.4 is 15.3 Å². The van der Waals surface area contributed by atoms with E-state index in [1.165, 1.54) is 24.6 Å². The molecule has 1 aromatic heterocycles. The Balaban J connectivity index is 1.12. The molecule has 0 saturated heterocycles. The number of fused-ring (bicyclic) bond motifs is 2. The maximum Gasteiger partial charge on any atom is 0.471 e. The van der Waals surface area contributed by atoms with Crippen molar-refractivity contribution in [3.05, 3.63) is 66.0 Å². The fourth-order valence-corrected chi connectivity index (χ4v) is 8.35. The molecule has 0 bridgehead atoms. The maximum absolute atomic E-state index is 14.4. The van der Waals surface area contributed by atoms with Crippen molar-refractivity contribution in [1.29, 1.82) is 5.26 Å². The number of aromatic nitrogens is 1. The van der Waals surface area contributed by atoms with E-state index in [0.29, 0.717) is 28.6 Å². The number of nitrogens with two attached hydrogens (primary N) is 1. The van der Waals surface area contributed by atoms with Gasteiger partial charge < -0.3 is 34.4 Å². The van der Waals surface area contributed by atoms with Crippen LogP contribution in [0, 0.1) is 16.9 Å². The normalized spacial score (nSPS) is 20.5. The van der Waals surface area contributed by atoms with Crippen molar-refractivity contribution < 1.29 is 46.8 Å². The minimum Gasteiger partial charge on any atom is -0.461 e. The zero-order valence-electron chi connectivity index (χ0n) is 27.4. The second kappa shape index (κ2) is 14.8. The van der Waals surface area contributed by atoms with E-state index in [2.05, 4.69) is 14.7 Å². The molecular weight excluding hydrogens is 690 g/mol. The van der Waals surface area contributed by atoms with Crippen molar-refractivity contribution in [2.75, 3.05) is 13.3 Å². The molecule has 1 spiro atoms. The van der Waals surface area contributed by atoms with E-state index in [9.17, 15) is 19.2 Å². The number of esters is 1. The summed E-state index contributed by atoms with van der Waals surface area (Å²) in [5, 5.41) is 18.0. The number of phosphoric acid groups is 1. The fourth-order valence-electron chi connectivity index (χ4n) is 6.52. The molecule has 2 aliphatic carbocycles. The van der Waals surface area contributed by atoms with Crippen molar-refractivity contribution in [3.8, 4) is 12.0 Å². The quantitative estimate of drug-likeness (QED) is 0.0897. The number of benzene rings is 2. The predicted molar refractivity (Wildman–Crippen MR) is 180 cm³/mol. The topological polar surface area (TPSA) is 220 Å². The van der Waals surface area contributed by atoms with Crippen LogP contribution in [0.4, 0.5) is 0 Å². The molecule has 2 aromatic carbocycles. The minimum atomic E-state index is -4.71. The number of nitrogens with one attached hydrogen (secondary N) is 1. The van der Waals surface area contributed by atoms with E-state index < -0.39 is 46.6 Å². The van der Waals surface area contributed by atoms with Crippen LogP contribution in [0.25, 0.3) is 10.8 Å². The molecule has 0 radical (unpaired) electrons. The SMILES string of the molecule is C[C@H](NP(=O)(OC[C@H](CCc1ccc2n1N=CN(COP(=O)(O)O)C2N)OC#N)Oc1cccc2ccccc12)C(=O)OC1CC2(CCC2)C1. The first kappa shape index (κ1) is 36.0. The molecule has 2 fully saturated rings. The van der Waals surface area contributed by atoms with Crippen molar-refractivity contribution in [1.82, 2.24) is 14.7 Å². The molecule has 1 aliphatic heterocycles. The molecule has 18 heteroatoms. The van der Waals surface area contributed by atoms with Gasteiger partial charge in [-0.15, -0.1) is 0 Å².